The summed E-state index contributed by atoms with van der Waals surface area (Å²) in [6.45, 7) is 16.6. The van der Waals surface area contributed by atoms with Gasteiger partial charge in [-0.2, -0.15) is 0 Å². The second-order valence-corrected chi connectivity index (χ2v) is 12.4. The van der Waals surface area contributed by atoms with E-state index in [0.29, 0.717) is 12.0 Å². The number of ether oxygens (including phenoxy) is 5. The van der Waals surface area contributed by atoms with Gasteiger partial charge in [0.05, 0.1) is 17.8 Å². The number of Topliss-reactive ketones (excluding diaryl/α,β-unsaturated/α-hetero) is 2. The molecule has 0 aliphatic carbocycles. The summed E-state index contributed by atoms with van der Waals surface area (Å²) in [6.07, 6.45) is -1.45. The molecule has 2 aliphatic rings. The van der Waals surface area contributed by atoms with Crippen LogP contribution in [-0.4, -0.2) is 77.6 Å². The van der Waals surface area contributed by atoms with Crippen molar-refractivity contribution < 1.29 is 48.0 Å². The summed E-state index contributed by atoms with van der Waals surface area (Å²) in [5, 5.41) is 11.2. The fraction of sp³-hybridized carbons (Fsp3) is 0.806. The molecule has 234 valence electrons. The first-order valence-electron chi connectivity index (χ1n) is 14.6. The Labute approximate surface area is 244 Å². The van der Waals surface area contributed by atoms with E-state index in [2.05, 4.69) is 0 Å². The molecule has 0 saturated carbocycles. The zero-order chi connectivity index (χ0) is 31.4. The minimum absolute atomic E-state index is 0.0908. The molecule has 41 heavy (non-hydrogen) atoms. The van der Waals surface area contributed by atoms with Crippen molar-refractivity contribution in [1.29, 1.82) is 0 Å². The van der Waals surface area contributed by atoms with Gasteiger partial charge in [-0.3, -0.25) is 19.2 Å². The molecule has 2 aliphatic heterocycles. The molecule has 0 radical (unpaired) electrons. The maximum absolute atomic E-state index is 13.8. The second-order valence-electron chi connectivity index (χ2n) is 12.4. The smallest absolute Gasteiger partial charge is 0.316 e. The number of carbonyl (C=O) groups is 4. The number of cyclic esters (lactones) is 1. The Morgan fingerprint density at radius 3 is 2.27 bits per heavy atom. The Hall–Kier alpha value is -2.14. The van der Waals surface area contributed by atoms with E-state index in [9.17, 15) is 24.3 Å². The number of rotatable bonds is 5. The molecule has 1 unspecified atom stereocenters. The van der Waals surface area contributed by atoms with Crippen LogP contribution in [0.2, 0.25) is 0 Å². The van der Waals surface area contributed by atoms with Crippen LogP contribution in [0.3, 0.4) is 0 Å². The lowest BCUT2D eigenvalue weighted by atomic mass is 9.77. The molecule has 10 nitrogen and oxygen atoms in total. The Morgan fingerprint density at radius 1 is 1.12 bits per heavy atom. The highest BCUT2D eigenvalue weighted by Crippen LogP contribution is 2.38. The van der Waals surface area contributed by atoms with Gasteiger partial charge in [0.1, 0.15) is 17.6 Å². The van der Waals surface area contributed by atoms with Crippen molar-refractivity contribution in [2.45, 2.75) is 130 Å². The van der Waals surface area contributed by atoms with E-state index in [4.69, 9.17) is 23.7 Å². The number of ketones is 2. The SMILES string of the molecule is CC[C@H]1OC(=O)[C@H](C)C(=O)[C@H](C)[C@@H](OC2O[C@H](C)C[C@H](C)[C@H]2OC(C)=O)[C@](C)(OC)C[C@@H](C)C(=O)/C(C)=C/[C@]1(C)O. The molecule has 0 spiro atoms. The highest BCUT2D eigenvalue weighted by atomic mass is 16.7. The summed E-state index contributed by atoms with van der Waals surface area (Å²) in [4.78, 5) is 52.4. The molecule has 11 atom stereocenters. The van der Waals surface area contributed by atoms with E-state index in [-0.39, 0.29) is 30.6 Å². The van der Waals surface area contributed by atoms with E-state index in [0.717, 1.165) is 0 Å². The van der Waals surface area contributed by atoms with E-state index in [1.54, 1.807) is 34.6 Å². The molecule has 0 aromatic carbocycles. The van der Waals surface area contributed by atoms with Crippen LogP contribution in [-0.2, 0) is 42.9 Å². The first kappa shape index (κ1) is 35.1. The summed E-state index contributed by atoms with van der Waals surface area (Å²) < 4.78 is 29.9. The van der Waals surface area contributed by atoms with Crippen LogP contribution in [0, 0.1) is 23.7 Å². The van der Waals surface area contributed by atoms with Crippen molar-refractivity contribution in [1.82, 2.24) is 0 Å². The van der Waals surface area contributed by atoms with Gasteiger partial charge >= 0.3 is 11.9 Å². The number of hydrogen-bond donors (Lipinski definition) is 1. The minimum Gasteiger partial charge on any atom is -0.458 e. The molecule has 2 rings (SSSR count). The maximum atomic E-state index is 13.8. The average Bonchev–Trinajstić information content (AvgIpc) is 2.88. The van der Waals surface area contributed by atoms with E-state index < -0.39 is 71.3 Å². The number of carbonyl (C=O) groups excluding carboxylic acids is 4. The highest BCUT2D eigenvalue weighted by Gasteiger charge is 2.50. The quantitative estimate of drug-likeness (QED) is 0.375. The molecular weight excluding hydrogens is 532 g/mol. The van der Waals surface area contributed by atoms with E-state index >= 15 is 0 Å². The van der Waals surface area contributed by atoms with E-state index in [1.165, 1.54) is 34.0 Å². The zero-order valence-electron chi connectivity index (χ0n) is 26.5. The molecular formula is C31H50O10. The Bertz CT molecular complexity index is 1000. The third kappa shape index (κ3) is 8.24. The van der Waals surface area contributed by atoms with Crippen molar-refractivity contribution >= 4 is 23.5 Å². The third-order valence-electron chi connectivity index (χ3n) is 8.57. The van der Waals surface area contributed by atoms with Crippen LogP contribution in [0.5, 0.6) is 0 Å². The molecule has 10 heteroatoms. The van der Waals surface area contributed by atoms with Gasteiger partial charge < -0.3 is 28.8 Å². The summed E-state index contributed by atoms with van der Waals surface area (Å²) in [5.41, 5.74) is -2.52. The standard InChI is InChI=1S/C31H50O10/c1-12-23-30(9,36)14-17(3)24(33)18(4)15-31(10,37-11)27(20(6)25(34)21(7)28(35)40-23)41-29-26(39-22(8)32)16(2)13-19(5)38-29/h14,16,18-21,23,26-27,29,36H,12-13,15H2,1-11H3/b17-14+/t16-,18+,19+,20-,21+,23+,26+,27+,29?,30-,31+/m0/s1. The number of methoxy groups -OCH3 is 1. The van der Waals surface area contributed by atoms with Crippen LogP contribution < -0.4 is 0 Å². The third-order valence-corrected chi connectivity index (χ3v) is 8.57. The van der Waals surface area contributed by atoms with Gasteiger partial charge in [-0.1, -0.05) is 27.7 Å². The predicted octanol–water partition coefficient (Wildman–Crippen LogP) is 3.95. The normalized spacial score (nSPS) is 43.0. The maximum Gasteiger partial charge on any atom is 0.316 e. The van der Waals surface area contributed by atoms with E-state index in [1.807, 2.05) is 13.8 Å². The molecule has 1 fully saturated rings. The molecule has 1 saturated heterocycles. The topological polar surface area (TPSA) is 135 Å². The van der Waals surface area contributed by atoms with Crippen LogP contribution in [0.15, 0.2) is 11.6 Å². The lowest BCUT2D eigenvalue weighted by Crippen LogP contribution is -2.57. The van der Waals surface area contributed by atoms with Crippen LogP contribution in [0.25, 0.3) is 0 Å². The second kappa shape index (κ2) is 13.9. The minimum atomic E-state index is -1.63. The largest absolute Gasteiger partial charge is 0.458 e. The fourth-order valence-electron chi connectivity index (χ4n) is 6.22. The summed E-state index contributed by atoms with van der Waals surface area (Å²) in [7, 11) is 1.47. The number of hydrogen-bond acceptors (Lipinski definition) is 10. The Kier molecular flexibility index (Phi) is 11.9. The van der Waals surface area contributed by atoms with Gasteiger partial charge in [0.2, 0.25) is 0 Å². The van der Waals surface area contributed by atoms with Crippen molar-refractivity contribution in [2.24, 2.45) is 23.7 Å². The van der Waals surface area contributed by atoms with Gasteiger partial charge in [0, 0.05) is 31.8 Å². The molecule has 0 bridgehead atoms. The van der Waals surface area contributed by atoms with Crippen LogP contribution >= 0.6 is 0 Å². The monoisotopic (exact) mass is 582 g/mol. The Morgan fingerprint density at radius 2 is 1.73 bits per heavy atom. The lowest BCUT2D eigenvalue weighted by Gasteiger charge is -2.46. The fourth-order valence-corrected chi connectivity index (χ4v) is 6.22. The van der Waals surface area contributed by atoms with Gasteiger partial charge in [0.15, 0.2) is 24.0 Å². The van der Waals surface area contributed by atoms with Crippen molar-refractivity contribution in [3.63, 3.8) is 0 Å². The summed E-state index contributed by atoms with van der Waals surface area (Å²) in [5.74, 6) is -4.73. The molecule has 0 aromatic heterocycles. The van der Waals surface area contributed by atoms with Gasteiger partial charge in [-0.15, -0.1) is 0 Å². The number of allylic oxidation sites excluding steroid dienone is 1. The number of esters is 2. The lowest BCUT2D eigenvalue weighted by molar-refractivity contribution is -0.297. The average molecular weight is 583 g/mol. The first-order chi connectivity index (χ1) is 18.9. The van der Waals surface area contributed by atoms with Crippen molar-refractivity contribution in [3.05, 3.63) is 11.6 Å². The van der Waals surface area contributed by atoms with Gasteiger partial charge in [-0.25, -0.2) is 0 Å². The van der Waals surface area contributed by atoms with Crippen molar-refractivity contribution in [3.8, 4) is 0 Å². The van der Waals surface area contributed by atoms with Gasteiger partial charge in [-0.05, 0) is 65.5 Å². The molecule has 1 N–H and O–H groups in total. The van der Waals surface area contributed by atoms with Gasteiger partial charge in [0.25, 0.3) is 0 Å². The molecule has 0 amide bonds. The van der Waals surface area contributed by atoms with Crippen LogP contribution in [0.1, 0.15) is 88.5 Å². The Balaban J connectivity index is 2.65. The molecule has 2 heterocycles. The predicted molar refractivity (Wildman–Crippen MR) is 151 cm³/mol. The number of aliphatic hydroxyl groups is 1. The molecule has 0 aromatic rings. The summed E-state index contributed by atoms with van der Waals surface area (Å²) >= 11 is 0. The first-order valence-corrected chi connectivity index (χ1v) is 14.6. The zero-order valence-corrected chi connectivity index (χ0v) is 26.5. The highest BCUT2D eigenvalue weighted by molar-refractivity contribution is 6.00. The summed E-state index contributed by atoms with van der Waals surface area (Å²) in [6, 6.07) is 0. The van der Waals surface area contributed by atoms with Crippen LogP contribution in [0.4, 0.5) is 0 Å². The van der Waals surface area contributed by atoms with Crippen molar-refractivity contribution in [2.75, 3.05) is 7.11 Å².